The molecular weight excluding hydrogens is 208 g/mol. The summed E-state index contributed by atoms with van der Waals surface area (Å²) in [5.41, 5.74) is -0.457. The van der Waals surface area contributed by atoms with Gasteiger partial charge in [0.05, 0.1) is 6.10 Å². The minimum absolute atomic E-state index is 0.195. The molecule has 0 spiro atoms. The Bertz CT molecular complexity index is 238. The molecule has 0 aliphatic heterocycles. The molecule has 0 aromatic heterocycles. The van der Waals surface area contributed by atoms with Gasteiger partial charge in [0.2, 0.25) is 0 Å². The van der Waals surface area contributed by atoms with Crippen LogP contribution >= 0.6 is 0 Å². The predicted octanol–water partition coefficient (Wildman–Crippen LogP) is 0.624. The first-order valence-corrected chi connectivity index (χ1v) is 5.77. The number of carbonyl (C=O) groups is 1. The Balaban J connectivity index is 2.00. The Kier molecular flexibility index (Phi) is 4.56. The minimum Gasteiger partial charge on any atom is -0.444 e. The Labute approximate surface area is 96.6 Å². The third kappa shape index (κ3) is 4.81. The summed E-state index contributed by atoms with van der Waals surface area (Å²) in [6.07, 6.45) is 1.26. The van der Waals surface area contributed by atoms with Crippen LogP contribution in [0.4, 0.5) is 4.79 Å². The molecule has 16 heavy (non-hydrogen) atoms. The van der Waals surface area contributed by atoms with Crippen LogP contribution in [-0.4, -0.2) is 42.0 Å². The van der Waals surface area contributed by atoms with Crippen LogP contribution in [0.15, 0.2) is 0 Å². The molecule has 0 aromatic rings. The number of aliphatic hydroxyl groups is 1. The van der Waals surface area contributed by atoms with Crippen LogP contribution in [0.1, 0.15) is 33.6 Å². The lowest BCUT2D eigenvalue weighted by Gasteiger charge is -2.33. The Hall–Kier alpha value is -0.810. The number of aliphatic hydroxyl groups excluding tert-OH is 1. The van der Waals surface area contributed by atoms with E-state index in [1.165, 1.54) is 0 Å². The molecule has 0 bridgehead atoms. The van der Waals surface area contributed by atoms with Crippen LogP contribution in [-0.2, 0) is 4.74 Å². The number of rotatable bonds is 4. The van der Waals surface area contributed by atoms with Crippen LogP contribution < -0.4 is 10.6 Å². The van der Waals surface area contributed by atoms with Crippen molar-refractivity contribution in [2.75, 3.05) is 13.1 Å². The van der Waals surface area contributed by atoms with Crippen molar-refractivity contribution >= 4 is 6.09 Å². The van der Waals surface area contributed by atoms with Crippen molar-refractivity contribution in [2.45, 2.75) is 51.4 Å². The van der Waals surface area contributed by atoms with Crippen LogP contribution in [0.3, 0.4) is 0 Å². The topological polar surface area (TPSA) is 70.6 Å². The maximum atomic E-state index is 11.2. The molecule has 0 heterocycles. The van der Waals surface area contributed by atoms with Gasteiger partial charge in [0.15, 0.2) is 0 Å². The molecule has 2 atom stereocenters. The van der Waals surface area contributed by atoms with Gasteiger partial charge in [0, 0.05) is 19.1 Å². The molecule has 1 rings (SSSR count). The second-order valence-corrected chi connectivity index (χ2v) is 5.13. The fourth-order valence-corrected chi connectivity index (χ4v) is 1.46. The van der Waals surface area contributed by atoms with Gasteiger partial charge < -0.3 is 20.5 Å². The van der Waals surface area contributed by atoms with Crippen molar-refractivity contribution in [3.8, 4) is 0 Å². The van der Waals surface area contributed by atoms with E-state index in [1.807, 2.05) is 20.8 Å². The van der Waals surface area contributed by atoms with Crippen molar-refractivity contribution in [3.05, 3.63) is 0 Å². The second-order valence-electron chi connectivity index (χ2n) is 5.13. The predicted molar refractivity (Wildman–Crippen MR) is 61.3 cm³/mol. The molecule has 0 radical (unpaired) electrons. The molecule has 1 aliphatic carbocycles. The van der Waals surface area contributed by atoms with E-state index in [2.05, 4.69) is 10.6 Å². The molecule has 0 saturated heterocycles. The average Bonchev–Trinajstić information content (AvgIpc) is 2.12. The van der Waals surface area contributed by atoms with Gasteiger partial charge in [-0.3, -0.25) is 0 Å². The van der Waals surface area contributed by atoms with E-state index in [-0.39, 0.29) is 12.1 Å². The van der Waals surface area contributed by atoms with Crippen LogP contribution in [0, 0.1) is 0 Å². The van der Waals surface area contributed by atoms with Gasteiger partial charge in [0.1, 0.15) is 5.60 Å². The molecule has 1 aliphatic rings. The lowest BCUT2D eigenvalue weighted by molar-refractivity contribution is 0.0475. The summed E-state index contributed by atoms with van der Waals surface area (Å²) >= 11 is 0. The minimum atomic E-state index is -0.457. The number of alkyl carbamates (subject to hydrolysis) is 1. The Morgan fingerprint density at radius 3 is 2.50 bits per heavy atom. The van der Waals surface area contributed by atoms with Crippen molar-refractivity contribution < 1.29 is 14.6 Å². The fraction of sp³-hybridized carbons (Fsp3) is 0.909. The quantitative estimate of drug-likeness (QED) is 0.619. The van der Waals surface area contributed by atoms with E-state index in [0.717, 1.165) is 12.8 Å². The number of hydrogen-bond acceptors (Lipinski definition) is 4. The van der Waals surface area contributed by atoms with Gasteiger partial charge >= 0.3 is 6.09 Å². The van der Waals surface area contributed by atoms with E-state index < -0.39 is 11.7 Å². The van der Waals surface area contributed by atoms with Crippen molar-refractivity contribution in [2.24, 2.45) is 0 Å². The molecule has 5 heteroatoms. The number of carbonyl (C=O) groups excluding carboxylic acids is 1. The normalized spacial score (nSPS) is 24.8. The zero-order chi connectivity index (χ0) is 12.2. The van der Waals surface area contributed by atoms with Crippen molar-refractivity contribution in [3.63, 3.8) is 0 Å². The lowest BCUT2D eigenvalue weighted by atomic mass is 9.89. The lowest BCUT2D eigenvalue weighted by Crippen LogP contribution is -2.50. The van der Waals surface area contributed by atoms with Gasteiger partial charge in [-0.15, -0.1) is 0 Å². The summed E-state index contributed by atoms with van der Waals surface area (Å²) in [6, 6.07) is 0.195. The highest BCUT2D eigenvalue weighted by Crippen LogP contribution is 2.18. The first kappa shape index (κ1) is 13.3. The van der Waals surface area contributed by atoms with E-state index in [9.17, 15) is 9.90 Å². The van der Waals surface area contributed by atoms with Crippen LogP contribution in [0.2, 0.25) is 0 Å². The molecule has 1 fully saturated rings. The molecule has 0 aromatic carbocycles. The summed E-state index contributed by atoms with van der Waals surface area (Å²) in [5.74, 6) is 0. The van der Waals surface area contributed by atoms with Crippen LogP contribution in [0.25, 0.3) is 0 Å². The van der Waals surface area contributed by atoms with Crippen molar-refractivity contribution in [1.82, 2.24) is 10.6 Å². The first-order valence-electron chi connectivity index (χ1n) is 5.77. The maximum Gasteiger partial charge on any atom is 0.407 e. The number of nitrogens with one attached hydrogen (secondary N) is 2. The SMILES string of the molecule is CC(C)(C)OC(=O)NCCN[C@@H]1CC[C@H]1O. The summed E-state index contributed by atoms with van der Waals surface area (Å²) in [5, 5.41) is 15.1. The van der Waals surface area contributed by atoms with Gasteiger partial charge in [-0.25, -0.2) is 4.79 Å². The summed E-state index contributed by atoms with van der Waals surface area (Å²) < 4.78 is 5.08. The van der Waals surface area contributed by atoms with Gasteiger partial charge in [-0.05, 0) is 33.6 Å². The molecule has 1 amide bonds. The highest BCUT2D eigenvalue weighted by molar-refractivity contribution is 5.67. The number of amides is 1. The molecule has 3 N–H and O–H groups in total. The Morgan fingerprint density at radius 2 is 2.06 bits per heavy atom. The molecule has 1 saturated carbocycles. The van der Waals surface area contributed by atoms with Crippen molar-refractivity contribution in [1.29, 1.82) is 0 Å². The first-order chi connectivity index (χ1) is 7.38. The van der Waals surface area contributed by atoms with E-state index in [1.54, 1.807) is 0 Å². The van der Waals surface area contributed by atoms with E-state index in [0.29, 0.717) is 13.1 Å². The third-order valence-corrected chi connectivity index (χ3v) is 2.44. The molecule has 94 valence electrons. The highest BCUT2D eigenvalue weighted by atomic mass is 16.6. The molecular formula is C11H22N2O3. The molecule has 5 nitrogen and oxygen atoms in total. The van der Waals surface area contributed by atoms with E-state index >= 15 is 0 Å². The zero-order valence-electron chi connectivity index (χ0n) is 10.2. The second kappa shape index (κ2) is 5.50. The average molecular weight is 230 g/mol. The Morgan fingerprint density at radius 1 is 1.38 bits per heavy atom. The summed E-state index contributed by atoms with van der Waals surface area (Å²) in [4.78, 5) is 11.2. The van der Waals surface area contributed by atoms with Crippen LogP contribution in [0.5, 0.6) is 0 Å². The van der Waals surface area contributed by atoms with E-state index in [4.69, 9.17) is 4.74 Å². The van der Waals surface area contributed by atoms with Gasteiger partial charge in [0.25, 0.3) is 0 Å². The smallest absolute Gasteiger partial charge is 0.407 e. The summed E-state index contributed by atoms with van der Waals surface area (Å²) in [7, 11) is 0. The third-order valence-electron chi connectivity index (χ3n) is 2.44. The van der Waals surface area contributed by atoms with Gasteiger partial charge in [-0.2, -0.15) is 0 Å². The maximum absolute atomic E-state index is 11.2. The fourth-order valence-electron chi connectivity index (χ4n) is 1.46. The monoisotopic (exact) mass is 230 g/mol. The highest BCUT2D eigenvalue weighted by Gasteiger charge is 2.27. The largest absolute Gasteiger partial charge is 0.444 e. The standard InChI is InChI=1S/C11H22N2O3/c1-11(2,3)16-10(15)13-7-6-12-8-4-5-9(8)14/h8-9,12,14H,4-7H2,1-3H3,(H,13,15)/t8-,9-/m1/s1. The summed E-state index contributed by atoms with van der Waals surface area (Å²) in [6.45, 7) is 6.65. The molecule has 0 unspecified atom stereocenters. The number of ether oxygens (including phenoxy) is 1. The van der Waals surface area contributed by atoms with Gasteiger partial charge in [-0.1, -0.05) is 0 Å². The number of hydrogen-bond donors (Lipinski definition) is 3. The zero-order valence-corrected chi connectivity index (χ0v) is 10.2.